The van der Waals surface area contributed by atoms with Crippen LogP contribution in [0, 0.1) is 18.8 Å². The molecule has 1 N–H and O–H groups in total. The molecular weight excluding hydrogens is 362 g/mol. The first-order chi connectivity index (χ1) is 14.0. The molecule has 2 heterocycles. The third-order valence-corrected chi connectivity index (χ3v) is 8.17. The zero-order valence-electron chi connectivity index (χ0n) is 17.9. The van der Waals surface area contributed by atoms with Gasteiger partial charge in [-0.25, -0.2) is 0 Å². The first kappa shape index (κ1) is 19.5. The van der Waals surface area contributed by atoms with E-state index in [0.29, 0.717) is 17.7 Å². The summed E-state index contributed by atoms with van der Waals surface area (Å²) in [7, 11) is 2.17. The van der Waals surface area contributed by atoms with Crippen LogP contribution < -0.4 is 0 Å². The number of hydrogen-bond donors (Lipinski definition) is 1. The SMILES string of the molecule is Cc1ccc(C2(C(=O)N3C[C@H]4C[C@@H](N5CCN(C)CC5)[C@H](O)C[C@H]4C3)CC2)cc1. The second-order valence-corrected chi connectivity index (χ2v) is 10.1. The zero-order chi connectivity index (χ0) is 20.2. The molecule has 1 aromatic carbocycles. The molecule has 158 valence electrons. The Kier molecular flexibility index (Phi) is 4.96. The molecule has 5 rings (SSSR count). The molecule has 5 nitrogen and oxygen atoms in total. The maximum atomic E-state index is 13.5. The fourth-order valence-electron chi connectivity index (χ4n) is 6.05. The summed E-state index contributed by atoms with van der Waals surface area (Å²) in [6.07, 6.45) is 3.60. The van der Waals surface area contributed by atoms with Crippen LogP contribution in [0.3, 0.4) is 0 Å². The van der Waals surface area contributed by atoms with Crippen molar-refractivity contribution < 1.29 is 9.90 Å². The molecule has 0 radical (unpaired) electrons. The van der Waals surface area contributed by atoms with Gasteiger partial charge in [0.15, 0.2) is 0 Å². The minimum absolute atomic E-state index is 0.248. The summed E-state index contributed by atoms with van der Waals surface area (Å²) in [5.41, 5.74) is 2.17. The predicted octanol–water partition coefficient (Wildman–Crippen LogP) is 1.87. The monoisotopic (exact) mass is 397 g/mol. The van der Waals surface area contributed by atoms with E-state index in [1.165, 1.54) is 11.1 Å². The lowest BCUT2D eigenvalue weighted by molar-refractivity contribution is -0.133. The summed E-state index contributed by atoms with van der Waals surface area (Å²) in [4.78, 5) is 20.5. The highest BCUT2D eigenvalue weighted by Gasteiger charge is 2.55. The van der Waals surface area contributed by atoms with Crippen molar-refractivity contribution in [2.24, 2.45) is 11.8 Å². The van der Waals surface area contributed by atoms with Crippen LogP contribution in [-0.2, 0) is 10.2 Å². The number of carbonyl (C=O) groups is 1. The van der Waals surface area contributed by atoms with Crippen LogP contribution in [0.5, 0.6) is 0 Å². The van der Waals surface area contributed by atoms with E-state index in [4.69, 9.17) is 0 Å². The van der Waals surface area contributed by atoms with E-state index >= 15 is 0 Å². The van der Waals surface area contributed by atoms with E-state index in [9.17, 15) is 9.90 Å². The largest absolute Gasteiger partial charge is 0.391 e. The fraction of sp³-hybridized carbons (Fsp3) is 0.708. The maximum Gasteiger partial charge on any atom is 0.233 e. The number of piperazine rings is 1. The minimum atomic E-state index is -0.267. The van der Waals surface area contributed by atoms with Crippen LogP contribution in [0.2, 0.25) is 0 Å². The maximum absolute atomic E-state index is 13.5. The molecule has 0 spiro atoms. The molecule has 0 bridgehead atoms. The van der Waals surface area contributed by atoms with Crippen LogP contribution in [0.15, 0.2) is 24.3 Å². The lowest BCUT2D eigenvalue weighted by atomic mass is 9.77. The summed E-state index contributed by atoms with van der Waals surface area (Å²) in [5, 5.41) is 10.9. The Bertz CT molecular complexity index is 752. The van der Waals surface area contributed by atoms with E-state index in [-0.39, 0.29) is 17.6 Å². The Hall–Kier alpha value is -1.43. The van der Waals surface area contributed by atoms with Crippen molar-refractivity contribution in [1.82, 2.24) is 14.7 Å². The number of carbonyl (C=O) groups excluding carboxylic acids is 1. The van der Waals surface area contributed by atoms with Gasteiger partial charge in [-0.05, 0) is 57.1 Å². The number of rotatable bonds is 3. The van der Waals surface area contributed by atoms with Gasteiger partial charge in [-0.15, -0.1) is 0 Å². The summed E-state index contributed by atoms with van der Waals surface area (Å²) in [5.74, 6) is 1.34. The summed E-state index contributed by atoms with van der Waals surface area (Å²) < 4.78 is 0. The molecule has 2 saturated carbocycles. The average Bonchev–Trinajstić information content (AvgIpc) is 3.42. The highest BCUT2D eigenvalue weighted by atomic mass is 16.3. The van der Waals surface area contributed by atoms with Gasteiger partial charge in [-0.1, -0.05) is 29.8 Å². The van der Waals surface area contributed by atoms with Crippen LogP contribution in [-0.4, -0.2) is 84.2 Å². The number of amides is 1. The van der Waals surface area contributed by atoms with Crippen molar-refractivity contribution in [2.45, 2.75) is 50.2 Å². The van der Waals surface area contributed by atoms with Gasteiger partial charge in [0.25, 0.3) is 0 Å². The van der Waals surface area contributed by atoms with Crippen molar-refractivity contribution in [3.05, 3.63) is 35.4 Å². The van der Waals surface area contributed by atoms with Crippen molar-refractivity contribution in [2.75, 3.05) is 46.3 Å². The van der Waals surface area contributed by atoms with E-state index < -0.39 is 0 Å². The minimum Gasteiger partial charge on any atom is -0.391 e. The molecular formula is C24H35N3O2. The number of nitrogens with zero attached hydrogens (tertiary/aromatic N) is 3. The van der Waals surface area contributed by atoms with Crippen molar-refractivity contribution in [3.8, 4) is 0 Å². The number of aryl methyl sites for hydroxylation is 1. The third kappa shape index (κ3) is 3.51. The summed E-state index contributed by atoms with van der Waals surface area (Å²) >= 11 is 0. The molecule has 4 aliphatic rings. The number of hydrogen-bond acceptors (Lipinski definition) is 4. The van der Waals surface area contributed by atoms with Gasteiger partial charge in [0, 0.05) is 45.3 Å². The van der Waals surface area contributed by atoms with Crippen molar-refractivity contribution >= 4 is 5.91 Å². The normalized spacial score (nSPS) is 34.8. The zero-order valence-corrected chi connectivity index (χ0v) is 17.9. The van der Waals surface area contributed by atoms with E-state index in [1.807, 2.05) is 0 Å². The van der Waals surface area contributed by atoms with Crippen LogP contribution in [0.1, 0.15) is 36.8 Å². The van der Waals surface area contributed by atoms with E-state index in [1.54, 1.807) is 0 Å². The summed E-state index contributed by atoms with van der Waals surface area (Å²) in [6.45, 7) is 8.09. The molecule has 4 atom stereocenters. The Labute approximate surface area is 174 Å². The number of aliphatic hydroxyl groups excluding tert-OH is 1. The Morgan fingerprint density at radius 2 is 1.62 bits per heavy atom. The molecule has 2 aliphatic heterocycles. The molecule has 0 aromatic heterocycles. The molecule has 0 unspecified atom stereocenters. The second-order valence-electron chi connectivity index (χ2n) is 10.1. The quantitative estimate of drug-likeness (QED) is 0.846. The fourth-order valence-corrected chi connectivity index (χ4v) is 6.05. The third-order valence-electron chi connectivity index (χ3n) is 8.17. The first-order valence-corrected chi connectivity index (χ1v) is 11.4. The summed E-state index contributed by atoms with van der Waals surface area (Å²) in [6, 6.07) is 8.83. The van der Waals surface area contributed by atoms with Gasteiger partial charge in [0.2, 0.25) is 5.91 Å². The molecule has 1 amide bonds. The number of likely N-dealkylation sites (tertiary alicyclic amines) is 1. The molecule has 5 heteroatoms. The van der Waals surface area contributed by atoms with Crippen molar-refractivity contribution in [1.29, 1.82) is 0 Å². The standard InChI is InChI=1S/C24H35N3O2/c1-17-3-5-20(6-4-17)24(7-8-24)23(29)27-15-18-13-21(22(28)14-19(18)16-27)26-11-9-25(2)10-12-26/h3-6,18-19,21-22,28H,7-16H2,1-2H3/t18-,19+,21-,22-/m1/s1. The van der Waals surface area contributed by atoms with Crippen LogP contribution >= 0.6 is 0 Å². The molecule has 29 heavy (non-hydrogen) atoms. The lowest BCUT2D eigenvalue weighted by Crippen LogP contribution is -2.55. The Morgan fingerprint density at radius 3 is 2.24 bits per heavy atom. The number of benzene rings is 1. The van der Waals surface area contributed by atoms with E-state index in [2.05, 4.69) is 52.9 Å². The van der Waals surface area contributed by atoms with Gasteiger partial charge in [0.1, 0.15) is 0 Å². The van der Waals surface area contributed by atoms with Gasteiger partial charge in [0.05, 0.1) is 11.5 Å². The molecule has 2 saturated heterocycles. The Morgan fingerprint density at radius 1 is 1.00 bits per heavy atom. The molecule has 4 fully saturated rings. The number of fused-ring (bicyclic) bond motifs is 1. The molecule has 2 aliphatic carbocycles. The predicted molar refractivity (Wildman–Crippen MR) is 114 cm³/mol. The van der Waals surface area contributed by atoms with Crippen molar-refractivity contribution in [3.63, 3.8) is 0 Å². The number of aliphatic hydroxyl groups is 1. The lowest BCUT2D eigenvalue weighted by Gasteiger charge is -2.44. The molecule has 1 aromatic rings. The second kappa shape index (κ2) is 7.36. The van der Waals surface area contributed by atoms with Crippen LogP contribution in [0.4, 0.5) is 0 Å². The Balaban J connectivity index is 1.26. The van der Waals surface area contributed by atoms with Gasteiger partial charge in [-0.2, -0.15) is 0 Å². The highest BCUT2D eigenvalue weighted by molar-refractivity contribution is 5.91. The first-order valence-electron chi connectivity index (χ1n) is 11.4. The van der Waals surface area contributed by atoms with Gasteiger partial charge in [-0.3, -0.25) is 9.69 Å². The van der Waals surface area contributed by atoms with Crippen LogP contribution in [0.25, 0.3) is 0 Å². The highest BCUT2D eigenvalue weighted by Crippen LogP contribution is 2.51. The smallest absolute Gasteiger partial charge is 0.233 e. The van der Waals surface area contributed by atoms with Gasteiger partial charge >= 0.3 is 0 Å². The van der Waals surface area contributed by atoms with E-state index in [0.717, 1.165) is 65.0 Å². The topological polar surface area (TPSA) is 47.0 Å². The number of likely N-dealkylation sites (N-methyl/N-ethyl adjacent to an activating group) is 1. The van der Waals surface area contributed by atoms with Gasteiger partial charge < -0.3 is 14.9 Å². The average molecular weight is 398 g/mol.